The minimum atomic E-state index is -0.188. The molecule has 6 nitrogen and oxygen atoms in total. The number of hydrogen-bond acceptors (Lipinski definition) is 5. The Morgan fingerprint density at radius 1 is 1.20 bits per heavy atom. The van der Waals surface area contributed by atoms with Crippen molar-refractivity contribution in [3.8, 4) is 0 Å². The van der Waals surface area contributed by atoms with E-state index in [-0.39, 0.29) is 5.91 Å². The van der Waals surface area contributed by atoms with Gasteiger partial charge in [-0.1, -0.05) is 35.5 Å². The summed E-state index contributed by atoms with van der Waals surface area (Å²) in [6.45, 7) is 4.25. The summed E-state index contributed by atoms with van der Waals surface area (Å²) in [6.07, 6.45) is 4.70. The lowest BCUT2D eigenvalue weighted by molar-refractivity contribution is 0.0954. The van der Waals surface area contributed by atoms with Gasteiger partial charge in [0.1, 0.15) is 6.33 Å². The summed E-state index contributed by atoms with van der Waals surface area (Å²) >= 11 is 1.61. The van der Waals surface area contributed by atoms with Crippen LogP contribution in [0.5, 0.6) is 0 Å². The molecular weight excluding hydrogens is 394 g/mol. The van der Waals surface area contributed by atoms with Gasteiger partial charge in [0.25, 0.3) is 5.91 Å². The van der Waals surface area contributed by atoms with Crippen LogP contribution in [0.2, 0.25) is 0 Å². The molecule has 0 saturated heterocycles. The highest BCUT2D eigenvalue weighted by Gasteiger charge is 2.18. The van der Waals surface area contributed by atoms with E-state index in [1.54, 1.807) is 18.1 Å². The third-order valence-corrected chi connectivity index (χ3v) is 6.42. The third kappa shape index (κ3) is 4.46. The molecule has 1 aliphatic carbocycles. The molecule has 1 aromatic heterocycles. The SMILES string of the molecule is Cc1cc(C)c2c(c1)/C(=N\NC(=O)c1ccc(CSc3nncn3C)cc1)CCC2. The maximum absolute atomic E-state index is 12.6. The van der Waals surface area contributed by atoms with E-state index in [0.717, 1.165) is 41.4 Å². The van der Waals surface area contributed by atoms with Crippen molar-refractivity contribution in [2.24, 2.45) is 12.1 Å². The Hall–Kier alpha value is -2.93. The van der Waals surface area contributed by atoms with E-state index in [1.165, 1.54) is 22.3 Å². The summed E-state index contributed by atoms with van der Waals surface area (Å²) in [5.41, 5.74) is 10.5. The first-order valence-corrected chi connectivity index (χ1v) is 11.0. The van der Waals surface area contributed by atoms with Gasteiger partial charge in [-0.3, -0.25) is 4.79 Å². The zero-order valence-electron chi connectivity index (χ0n) is 17.5. The summed E-state index contributed by atoms with van der Waals surface area (Å²) < 4.78 is 1.89. The first-order valence-electron chi connectivity index (χ1n) is 10.0. The summed E-state index contributed by atoms with van der Waals surface area (Å²) in [4.78, 5) is 12.6. The number of hydrogen-bond donors (Lipinski definition) is 1. The lowest BCUT2D eigenvalue weighted by Crippen LogP contribution is -2.22. The molecule has 0 spiro atoms. The lowest BCUT2D eigenvalue weighted by atomic mass is 9.86. The van der Waals surface area contributed by atoms with Crippen molar-refractivity contribution in [2.75, 3.05) is 0 Å². The van der Waals surface area contributed by atoms with Gasteiger partial charge in [0.2, 0.25) is 0 Å². The zero-order chi connectivity index (χ0) is 21.1. The van der Waals surface area contributed by atoms with Gasteiger partial charge in [-0.25, -0.2) is 5.43 Å². The van der Waals surface area contributed by atoms with Gasteiger partial charge in [-0.05, 0) is 68.0 Å². The molecule has 0 fully saturated rings. The van der Waals surface area contributed by atoms with Gasteiger partial charge in [0.05, 0.1) is 5.71 Å². The number of aryl methyl sites for hydroxylation is 3. The topological polar surface area (TPSA) is 72.2 Å². The lowest BCUT2D eigenvalue weighted by Gasteiger charge is -2.20. The number of thioether (sulfide) groups is 1. The quantitative estimate of drug-likeness (QED) is 0.497. The van der Waals surface area contributed by atoms with Crippen molar-refractivity contribution in [3.05, 3.63) is 76.1 Å². The van der Waals surface area contributed by atoms with E-state index in [9.17, 15) is 4.79 Å². The fraction of sp³-hybridized carbons (Fsp3) is 0.304. The van der Waals surface area contributed by atoms with Crippen LogP contribution in [0.15, 0.2) is 53.0 Å². The van der Waals surface area contributed by atoms with Crippen molar-refractivity contribution < 1.29 is 4.79 Å². The Morgan fingerprint density at radius 3 is 2.73 bits per heavy atom. The highest BCUT2D eigenvalue weighted by atomic mass is 32.2. The van der Waals surface area contributed by atoms with Crippen LogP contribution in [0, 0.1) is 13.8 Å². The number of benzene rings is 2. The summed E-state index contributed by atoms with van der Waals surface area (Å²) in [6, 6.07) is 12.0. The van der Waals surface area contributed by atoms with Crippen molar-refractivity contribution in [1.29, 1.82) is 0 Å². The van der Waals surface area contributed by atoms with Crippen molar-refractivity contribution in [2.45, 2.75) is 44.0 Å². The average Bonchev–Trinajstić information content (AvgIpc) is 3.15. The number of carbonyl (C=O) groups excluding carboxylic acids is 1. The Balaban J connectivity index is 1.42. The number of nitrogens with zero attached hydrogens (tertiary/aromatic N) is 4. The van der Waals surface area contributed by atoms with E-state index in [2.05, 4.69) is 46.7 Å². The fourth-order valence-corrected chi connectivity index (χ4v) is 4.60. The van der Waals surface area contributed by atoms with Crippen molar-refractivity contribution in [3.63, 3.8) is 0 Å². The number of nitrogens with one attached hydrogen (secondary N) is 1. The second-order valence-electron chi connectivity index (χ2n) is 7.67. The van der Waals surface area contributed by atoms with Gasteiger partial charge in [0.15, 0.2) is 5.16 Å². The first kappa shape index (κ1) is 20.3. The summed E-state index contributed by atoms with van der Waals surface area (Å²) in [7, 11) is 1.92. The molecule has 0 saturated carbocycles. The first-order chi connectivity index (χ1) is 14.5. The largest absolute Gasteiger partial charge is 0.312 e. The normalized spacial score (nSPS) is 14.6. The smallest absolute Gasteiger partial charge is 0.271 e. The van der Waals surface area contributed by atoms with E-state index < -0.39 is 0 Å². The van der Waals surface area contributed by atoms with E-state index in [0.29, 0.717) is 5.56 Å². The van der Waals surface area contributed by atoms with E-state index in [1.807, 2.05) is 35.9 Å². The average molecular weight is 420 g/mol. The number of hydrazone groups is 1. The summed E-state index contributed by atoms with van der Waals surface area (Å²) in [5.74, 6) is 0.582. The molecule has 2 aromatic carbocycles. The van der Waals surface area contributed by atoms with Gasteiger partial charge in [-0.15, -0.1) is 10.2 Å². The molecule has 4 rings (SSSR count). The van der Waals surface area contributed by atoms with Gasteiger partial charge >= 0.3 is 0 Å². The number of amides is 1. The minimum absolute atomic E-state index is 0.188. The van der Waals surface area contributed by atoms with Gasteiger partial charge in [0, 0.05) is 23.9 Å². The zero-order valence-corrected chi connectivity index (χ0v) is 18.3. The van der Waals surface area contributed by atoms with Crippen LogP contribution in [0.3, 0.4) is 0 Å². The Labute approximate surface area is 180 Å². The molecule has 154 valence electrons. The maximum atomic E-state index is 12.6. The van der Waals surface area contributed by atoms with Crippen LogP contribution in [0.25, 0.3) is 0 Å². The summed E-state index contributed by atoms with van der Waals surface area (Å²) in [5, 5.41) is 13.3. The molecule has 1 N–H and O–H groups in total. The van der Waals surface area contributed by atoms with Crippen LogP contribution in [-0.2, 0) is 19.2 Å². The molecule has 1 heterocycles. The van der Waals surface area contributed by atoms with Crippen molar-refractivity contribution in [1.82, 2.24) is 20.2 Å². The Bertz CT molecular complexity index is 1100. The number of fused-ring (bicyclic) bond motifs is 1. The Morgan fingerprint density at radius 2 is 2.00 bits per heavy atom. The second-order valence-corrected chi connectivity index (χ2v) is 8.61. The van der Waals surface area contributed by atoms with Gasteiger partial charge < -0.3 is 4.57 Å². The number of aromatic nitrogens is 3. The molecular formula is C23H25N5OS. The third-order valence-electron chi connectivity index (χ3n) is 5.31. The number of carbonyl (C=O) groups is 1. The van der Waals surface area contributed by atoms with Crippen LogP contribution >= 0.6 is 11.8 Å². The molecule has 30 heavy (non-hydrogen) atoms. The molecule has 0 unspecified atom stereocenters. The minimum Gasteiger partial charge on any atom is -0.312 e. The molecule has 0 aliphatic heterocycles. The van der Waals surface area contributed by atoms with Crippen LogP contribution < -0.4 is 5.43 Å². The van der Waals surface area contributed by atoms with Crippen LogP contribution in [0.1, 0.15) is 51.0 Å². The van der Waals surface area contributed by atoms with E-state index >= 15 is 0 Å². The second kappa shape index (κ2) is 8.83. The molecule has 1 amide bonds. The molecule has 0 atom stereocenters. The number of rotatable bonds is 5. The molecule has 7 heteroatoms. The predicted molar refractivity (Wildman–Crippen MR) is 120 cm³/mol. The molecule has 0 radical (unpaired) electrons. The predicted octanol–water partition coefficient (Wildman–Crippen LogP) is 4.19. The highest BCUT2D eigenvalue weighted by Crippen LogP contribution is 2.26. The standard InChI is InChI=1S/C23H25N5OS/c1-15-11-16(2)19-5-4-6-21(20(19)12-15)25-26-22(29)18-9-7-17(8-10-18)13-30-23-27-24-14-28(23)3/h7-12,14H,4-6,13H2,1-3H3,(H,26,29)/b25-21-. The van der Waals surface area contributed by atoms with E-state index in [4.69, 9.17) is 0 Å². The van der Waals surface area contributed by atoms with Gasteiger partial charge in [-0.2, -0.15) is 5.10 Å². The fourth-order valence-electron chi connectivity index (χ4n) is 3.76. The molecule has 3 aromatic rings. The maximum Gasteiger partial charge on any atom is 0.271 e. The Kier molecular flexibility index (Phi) is 5.99. The van der Waals surface area contributed by atoms with Crippen molar-refractivity contribution >= 4 is 23.4 Å². The molecule has 1 aliphatic rings. The molecule has 0 bridgehead atoms. The highest BCUT2D eigenvalue weighted by molar-refractivity contribution is 7.98. The van der Waals surface area contributed by atoms with Crippen LogP contribution in [-0.4, -0.2) is 26.4 Å². The van der Waals surface area contributed by atoms with Crippen LogP contribution in [0.4, 0.5) is 0 Å². The monoisotopic (exact) mass is 419 g/mol.